The van der Waals surface area contributed by atoms with Crippen molar-refractivity contribution in [3.05, 3.63) is 0 Å². The SMILES string of the molecule is CC(C)CN(CC(C(=N)N)C(F)(F)F)C1CC1. The number of rotatable bonds is 6. The zero-order valence-corrected chi connectivity index (χ0v) is 10.2. The number of nitrogens with one attached hydrogen (secondary N) is 1. The Hall–Kier alpha value is -0.780. The van der Waals surface area contributed by atoms with Gasteiger partial charge in [0.2, 0.25) is 0 Å². The van der Waals surface area contributed by atoms with Crippen LogP contribution in [0.2, 0.25) is 0 Å². The van der Waals surface area contributed by atoms with Crippen LogP contribution in [-0.2, 0) is 0 Å². The maximum Gasteiger partial charge on any atom is 0.399 e. The molecule has 0 aliphatic heterocycles. The van der Waals surface area contributed by atoms with Crippen LogP contribution in [-0.4, -0.2) is 36.0 Å². The molecule has 1 rings (SSSR count). The first kappa shape index (κ1) is 14.3. The van der Waals surface area contributed by atoms with E-state index < -0.39 is 17.9 Å². The first-order chi connectivity index (χ1) is 7.71. The number of nitrogens with two attached hydrogens (primary N) is 1. The Morgan fingerprint density at radius 3 is 2.18 bits per heavy atom. The van der Waals surface area contributed by atoms with Gasteiger partial charge < -0.3 is 5.73 Å². The van der Waals surface area contributed by atoms with E-state index in [1.54, 1.807) is 0 Å². The molecule has 0 radical (unpaired) electrons. The largest absolute Gasteiger partial charge is 0.399 e. The Morgan fingerprint density at radius 1 is 1.35 bits per heavy atom. The Kier molecular flexibility index (Phi) is 4.41. The lowest BCUT2D eigenvalue weighted by molar-refractivity contribution is -0.160. The molecule has 1 atom stereocenters. The van der Waals surface area contributed by atoms with Crippen LogP contribution >= 0.6 is 0 Å². The number of halogens is 3. The second-order valence-electron chi connectivity index (χ2n) is 5.13. The Labute approximate surface area is 99.7 Å². The molecule has 1 saturated carbocycles. The fourth-order valence-electron chi connectivity index (χ4n) is 1.89. The molecule has 0 bridgehead atoms. The van der Waals surface area contributed by atoms with E-state index in [4.69, 9.17) is 11.1 Å². The fraction of sp³-hybridized carbons (Fsp3) is 0.909. The lowest BCUT2D eigenvalue weighted by Crippen LogP contribution is -2.45. The van der Waals surface area contributed by atoms with Crippen LogP contribution in [0.5, 0.6) is 0 Å². The predicted octanol–water partition coefficient (Wildman–Crippen LogP) is 2.22. The van der Waals surface area contributed by atoms with Gasteiger partial charge in [-0.15, -0.1) is 0 Å². The smallest absolute Gasteiger partial charge is 0.387 e. The lowest BCUT2D eigenvalue weighted by atomic mass is 10.1. The summed E-state index contributed by atoms with van der Waals surface area (Å²) in [4.78, 5) is 1.82. The van der Waals surface area contributed by atoms with Crippen LogP contribution in [0, 0.1) is 17.2 Å². The summed E-state index contributed by atoms with van der Waals surface area (Å²) in [5, 5.41) is 7.08. The Bertz CT molecular complexity index is 272. The molecule has 0 aromatic rings. The minimum absolute atomic E-state index is 0.179. The summed E-state index contributed by atoms with van der Waals surface area (Å²) < 4.78 is 38.1. The monoisotopic (exact) mass is 251 g/mol. The van der Waals surface area contributed by atoms with Gasteiger partial charge in [-0.05, 0) is 18.8 Å². The molecule has 1 fully saturated rings. The van der Waals surface area contributed by atoms with Crippen molar-refractivity contribution in [2.75, 3.05) is 13.1 Å². The van der Waals surface area contributed by atoms with E-state index in [1.807, 2.05) is 18.7 Å². The van der Waals surface area contributed by atoms with E-state index in [0.717, 1.165) is 12.8 Å². The van der Waals surface area contributed by atoms with Crippen molar-refractivity contribution in [2.24, 2.45) is 17.6 Å². The fourth-order valence-corrected chi connectivity index (χ4v) is 1.89. The number of hydrogen-bond donors (Lipinski definition) is 2. The van der Waals surface area contributed by atoms with Gasteiger partial charge in [0.05, 0.1) is 0 Å². The van der Waals surface area contributed by atoms with Gasteiger partial charge in [0.15, 0.2) is 0 Å². The highest BCUT2D eigenvalue weighted by molar-refractivity contribution is 5.80. The Morgan fingerprint density at radius 2 is 1.88 bits per heavy atom. The van der Waals surface area contributed by atoms with Crippen LogP contribution in [0.1, 0.15) is 26.7 Å². The zero-order chi connectivity index (χ0) is 13.2. The van der Waals surface area contributed by atoms with Crippen LogP contribution in [0.3, 0.4) is 0 Å². The normalized spacial score (nSPS) is 18.8. The molecular weight excluding hydrogens is 231 g/mol. The van der Waals surface area contributed by atoms with Crippen molar-refractivity contribution in [3.8, 4) is 0 Å². The van der Waals surface area contributed by atoms with Crippen molar-refractivity contribution >= 4 is 5.84 Å². The van der Waals surface area contributed by atoms with Crippen molar-refractivity contribution in [1.82, 2.24) is 4.90 Å². The summed E-state index contributed by atoms with van der Waals surface area (Å²) in [7, 11) is 0. The summed E-state index contributed by atoms with van der Waals surface area (Å²) in [6, 6.07) is 0.251. The average molecular weight is 251 g/mol. The summed E-state index contributed by atoms with van der Waals surface area (Å²) in [5.74, 6) is -2.30. The van der Waals surface area contributed by atoms with Crippen LogP contribution in [0.25, 0.3) is 0 Å². The van der Waals surface area contributed by atoms with E-state index in [9.17, 15) is 13.2 Å². The third-order valence-corrected chi connectivity index (χ3v) is 2.85. The van der Waals surface area contributed by atoms with Gasteiger partial charge in [0, 0.05) is 19.1 Å². The second-order valence-corrected chi connectivity index (χ2v) is 5.13. The highest BCUT2D eigenvalue weighted by Gasteiger charge is 2.44. The Balaban J connectivity index is 2.65. The molecule has 0 heterocycles. The van der Waals surface area contributed by atoms with Crippen LogP contribution in [0.15, 0.2) is 0 Å². The molecule has 6 heteroatoms. The molecule has 0 saturated heterocycles. The molecule has 17 heavy (non-hydrogen) atoms. The number of amidine groups is 1. The average Bonchev–Trinajstić information content (AvgIpc) is 2.91. The molecule has 0 aromatic carbocycles. The topological polar surface area (TPSA) is 53.1 Å². The molecule has 1 aliphatic carbocycles. The maximum absolute atomic E-state index is 12.7. The van der Waals surface area contributed by atoms with E-state index in [0.29, 0.717) is 12.5 Å². The van der Waals surface area contributed by atoms with E-state index in [-0.39, 0.29) is 12.6 Å². The highest BCUT2D eigenvalue weighted by Crippen LogP contribution is 2.32. The first-order valence-corrected chi connectivity index (χ1v) is 5.86. The summed E-state index contributed by atoms with van der Waals surface area (Å²) >= 11 is 0. The van der Waals surface area contributed by atoms with E-state index >= 15 is 0 Å². The second kappa shape index (κ2) is 5.25. The van der Waals surface area contributed by atoms with Crippen LogP contribution in [0.4, 0.5) is 13.2 Å². The van der Waals surface area contributed by atoms with Crippen molar-refractivity contribution in [2.45, 2.75) is 38.9 Å². The number of hydrogen-bond acceptors (Lipinski definition) is 2. The third kappa shape index (κ3) is 4.53. The molecule has 1 aliphatic rings. The van der Waals surface area contributed by atoms with Crippen LogP contribution < -0.4 is 5.73 Å². The molecule has 1 unspecified atom stereocenters. The van der Waals surface area contributed by atoms with Crippen molar-refractivity contribution < 1.29 is 13.2 Å². The molecule has 0 amide bonds. The molecule has 0 spiro atoms. The van der Waals surface area contributed by atoms with Gasteiger partial charge in [-0.2, -0.15) is 13.2 Å². The summed E-state index contributed by atoms with van der Waals surface area (Å²) in [6.07, 6.45) is -2.51. The molecule has 0 aromatic heterocycles. The number of alkyl halides is 3. The predicted molar refractivity (Wildman–Crippen MR) is 60.9 cm³/mol. The van der Waals surface area contributed by atoms with Gasteiger partial charge >= 0.3 is 6.18 Å². The van der Waals surface area contributed by atoms with Gasteiger partial charge in [-0.1, -0.05) is 13.8 Å². The van der Waals surface area contributed by atoms with Gasteiger partial charge in [-0.3, -0.25) is 10.3 Å². The van der Waals surface area contributed by atoms with E-state index in [1.165, 1.54) is 0 Å². The standard InChI is InChI=1S/C11H20F3N3/c1-7(2)5-17(8-3-4-8)6-9(10(15)16)11(12,13)14/h7-9H,3-6H2,1-2H3,(H3,15,16). The minimum Gasteiger partial charge on any atom is -0.387 e. The molecular formula is C11H20F3N3. The molecule has 3 nitrogen and oxygen atoms in total. The minimum atomic E-state index is -4.42. The summed E-state index contributed by atoms with van der Waals surface area (Å²) in [6.45, 7) is 4.41. The van der Waals surface area contributed by atoms with Gasteiger partial charge in [-0.25, -0.2) is 0 Å². The van der Waals surface area contributed by atoms with Gasteiger partial charge in [0.1, 0.15) is 11.8 Å². The quantitative estimate of drug-likeness (QED) is 0.562. The maximum atomic E-state index is 12.7. The van der Waals surface area contributed by atoms with Gasteiger partial charge in [0.25, 0.3) is 0 Å². The number of nitrogens with zero attached hydrogens (tertiary/aromatic N) is 1. The first-order valence-electron chi connectivity index (χ1n) is 5.86. The molecule has 100 valence electrons. The molecule has 3 N–H and O–H groups in total. The lowest BCUT2D eigenvalue weighted by Gasteiger charge is -2.29. The highest BCUT2D eigenvalue weighted by atomic mass is 19.4. The van der Waals surface area contributed by atoms with E-state index in [2.05, 4.69) is 0 Å². The van der Waals surface area contributed by atoms with Crippen molar-refractivity contribution in [3.63, 3.8) is 0 Å². The van der Waals surface area contributed by atoms with Crippen molar-refractivity contribution in [1.29, 1.82) is 5.41 Å². The zero-order valence-electron chi connectivity index (χ0n) is 10.2. The third-order valence-electron chi connectivity index (χ3n) is 2.85. The summed E-state index contributed by atoms with van der Waals surface area (Å²) in [5.41, 5.74) is 5.06.